The van der Waals surface area contributed by atoms with Crippen molar-refractivity contribution in [2.45, 2.75) is 30.9 Å². The molecule has 0 aromatic rings. The number of hydrogen-bond acceptors (Lipinski definition) is 4. The Morgan fingerprint density at radius 1 is 1.83 bits per heavy atom. The number of carbonyl (C=O) groups is 1. The number of nitrogens with one attached hydrogen (secondary N) is 1. The molecule has 4 nitrogen and oxygen atoms in total. The summed E-state index contributed by atoms with van der Waals surface area (Å²) in [5.74, 6) is -0.211. The van der Waals surface area contributed by atoms with Gasteiger partial charge >= 0.3 is 5.97 Å². The van der Waals surface area contributed by atoms with Crippen LogP contribution in [0.15, 0.2) is 0 Å². The maximum atomic E-state index is 10.7. The van der Waals surface area contributed by atoms with Gasteiger partial charge < -0.3 is 4.74 Å². The minimum Gasteiger partial charge on any atom is -0.469 e. The molecule has 0 radical (unpaired) electrons. The van der Waals surface area contributed by atoms with Gasteiger partial charge in [0.1, 0.15) is 5.50 Å². The summed E-state index contributed by atoms with van der Waals surface area (Å²) in [5.41, 5.74) is 2.49. The number of rotatable bonds is 3. The smallest absolute Gasteiger partial charge is 0.305 e. The van der Waals surface area contributed by atoms with Crippen molar-refractivity contribution in [1.82, 2.24) is 5.48 Å². The van der Waals surface area contributed by atoms with Gasteiger partial charge in [0, 0.05) is 12.8 Å². The number of esters is 1. The second kappa shape index (κ2) is 4.64. The number of hydrogen-bond donors (Lipinski definition) is 1. The second-order valence-corrected chi connectivity index (χ2v) is 3.20. The zero-order valence-electron chi connectivity index (χ0n) is 6.88. The summed E-state index contributed by atoms with van der Waals surface area (Å²) in [6.45, 7) is 0. The standard InChI is InChI=1S/C7H12ClNO3/c1-11-7(10)3-2-5-4-6(8)9-12-5/h5-6,9H,2-4H2,1H3/t5-,6-/m0/s1. The van der Waals surface area contributed by atoms with E-state index in [2.05, 4.69) is 10.2 Å². The van der Waals surface area contributed by atoms with Crippen molar-refractivity contribution in [3.63, 3.8) is 0 Å². The highest BCUT2D eigenvalue weighted by molar-refractivity contribution is 6.20. The third kappa shape index (κ3) is 2.97. The van der Waals surface area contributed by atoms with E-state index in [0.717, 1.165) is 6.42 Å². The Labute approximate surface area is 76.1 Å². The van der Waals surface area contributed by atoms with Crippen molar-refractivity contribution in [3.8, 4) is 0 Å². The highest BCUT2D eigenvalue weighted by Crippen LogP contribution is 2.17. The van der Waals surface area contributed by atoms with Crippen molar-refractivity contribution >= 4 is 17.6 Å². The van der Waals surface area contributed by atoms with E-state index in [1.165, 1.54) is 7.11 Å². The third-order valence-electron chi connectivity index (χ3n) is 1.73. The maximum absolute atomic E-state index is 10.7. The Kier molecular flexibility index (Phi) is 3.78. The summed E-state index contributed by atoms with van der Waals surface area (Å²) in [4.78, 5) is 15.8. The topological polar surface area (TPSA) is 47.6 Å². The lowest BCUT2D eigenvalue weighted by atomic mass is 10.1. The fourth-order valence-corrected chi connectivity index (χ4v) is 1.30. The Morgan fingerprint density at radius 2 is 2.58 bits per heavy atom. The number of halogens is 1. The fourth-order valence-electron chi connectivity index (χ4n) is 1.05. The molecule has 12 heavy (non-hydrogen) atoms. The van der Waals surface area contributed by atoms with Crippen LogP contribution in [0.2, 0.25) is 0 Å². The molecule has 2 atom stereocenters. The van der Waals surface area contributed by atoms with Crippen molar-refractivity contribution in [1.29, 1.82) is 0 Å². The molecule has 1 saturated heterocycles. The van der Waals surface area contributed by atoms with E-state index in [1.54, 1.807) is 0 Å². The van der Waals surface area contributed by atoms with Crippen LogP contribution < -0.4 is 5.48 Å². The Balaban J connectivity index is 2.11. The van der Waals surface area contributed by atoms with Crippen LogP contribution in [0.5, 0.6) is 0 Å². The molecule has 0 aromatic carbocycles. The van der Waals surface area contributed by atoms with Gasteiger partial charge in [0.25, 0.3) is 0 Å². The molecule has 1 fully saturated rings. The monoisotopic (exact) mass is 193 g/mol. The summed E-state index contributed by atoms with van der Waals surface area (Å²) in [6, 6.07) is 0. The summed E-state index contributed by atoms with van der Waals surface area (Å²) >= 11 is 5.70. The van der Waals surface area contributed by atoms with Gasteiger partial charge in [0.15, 0.2) is 0 Å². The van der Waals surface area contributed by atoms with E-state index in [0.29, 0.717) is 12.8 Å². The zero-order chi connectivity index (χ0) is 8.97. The minimum atomic E-state index is -0.211. The third-order valence-corrected chi connectivity index (χ3v) is 2.00. The van der Waals surface area contributed by atoms with Gasteiger partial charge in [-0.05, 0) is 6.42 Å². The van der Waals surface area contributed by atoms with Crippen LogP contribution in [-0.2, 0) is 14.4 Å². The van der Waals surface area contributed by atoms with E-state index < -0.39 is 0 Å². The highest BCUT2D eigenvalue weighted by atomic mass is 35.5. The lowest BCUT2D eigenvalue weighted by Crippen LogP contribution is -2.13. The molecule has 0 saturated carbocycles. The molecule has 0 aromatic heterocycles. The molecule has 1 heterocycles. The zero-order valence-corrected chi connectivity index (χ0v) is 7.63. The van der Waals surface area contributed by atoms with Gasteiger partial charge in [-0.1, -0.05) is 0 Å². The molecule has 0 amide bonds. The molecule has 0 bridgehead atoms. The molecular formula is C7H12ClNO3. The summed E-state index contributed by atoms with van der Waals surface area (Å²) in [6.07, 6.45) is 1.81. The van der Waals surface area contributed by atoms with Crippen molar-refractivity contribution in [3.05, 3.63) is 0 Å². The number of alkyl halides is 1. The number of ether oxygens (including phenoxy) is 1. The maximum Gasteiger partial charge on any atom is 0.305 e. The molecule has 1 rings (SSSR count). The Morgan fingerprint density at radius 3 is 3.08 bits per heavy atom. The van der Waals surface area contributed by atoms with Crippen molar-refractivity contribution < 1.29 is 14.4 Å². The highest BCUT2D eigenvalue weighted by Gasteiger charge is 2.23. The van der Waals surface area contributed by atoms with Gasteiger partial charge in [-0.25, -0.2) is 0 Å². The Hall–Kier alpha value is -0.320. The van der Waals surface area contributed by atoms with Gasteiger partial charge in [-0.15, -0.1) is 11.6 Å². The summed E-state index contributed by atoms with van der Waals surface area (Å²) < 4.78 is 4.49. The molecule has 0 unspecified atom stereocenters. The van der Waals surface area contributed by atoms with Gasteiger partial charge in [-0.3, -0.25) is 9.63 Å². The SMILES string of the molecule is COC(=O)CC[C@H]1C[C@@H](Cl)NO1. The first kappa shape index (κ1) is 9.77. The fraction of sp³-hybridized carbons (Fsp3) is 0.857. The molecule has 0 aliphatic carbocycles. The molecule has 1 aliphatic heterocycles. The molecule has 1 N–H and O–H groups in total. The van der Waals surface area contributed by atoms with Gasteiger partial charge in [-0.2, -0.15) is 5.48 Å². The second-order valence-electron chi connectivity index (χ2n) is 2.68. The average molecular weight is 194 g/mol. The largest absolute Gasteiger partial charge is 0.469 e. The van der Waals surface area contributed by atoms with Crippen molar-refractivity contribution in [2.75, 3.05) is 7.11 Å². The number of hydroxylamine groups is 1. The molecule has 1 aliphatic rings. The first-order chi connectivity index (χ1) is 5.72. The quantitative estimate of drug-likeness (QED) is 0.409. The molecular weight excluding hydrogens is 182 g/mol. The van der Waals surface area contributed by atoms with E-state index in [1.807, 2.05) is 0 Å². The normalized spacial score (nSPS) is 28.8. The lowest BCUT2D eigenvalue weighted by molar-refractivity contribution is -0.141. The van der Waals surface area contributed by atoms with E-state index in [9.17, 15) is 4.79 Å². The van der Waals surface area contributed by atoms with Crippen LogP contribution in [-0.4, -0.2) is 24.7 Å². The first-order valence-electron chi connectivity index (χ1n) is 3.84. The minimum absolute atomic E-state index is 0.0339. The predicted octanol–water partition coefficient (Wildman–Crippen LogP) is 0.798. The number of carbonyl (C=O) groups excluding carboxylic acids is 1. The Bertz CT molecular complexity index is 165. The van der Waals surface area contributed by atoms with Gasteiger partial charge in [0.2, 0.25) is 0 Å². The summed E-state index contributed by atoms with van der Waals surface area (Å²) in [5, 5.41) is 0. The van der Waals surface area contributed by atoms with E-state index >= 15 is 0 Å². The van der Waals surface area contributed by atoms with Gasteiger partial charge in [0.05, 0.1) is 13.2 Å². The average Bonchev–Trinajstić information content (AvgIpc) is 2.47. The van der Waals surface area contributed by atoms with Crippen LogP contribution in [0.25, 0.3) is 0 Å². The van der Waals surface area contributed by atoms with E-state index in [-0.39, 0.29) is 17.6 Å². The predicted molar refractivity (Wildman–Crippen MR) is 43.5 cm³/mol. The van der Waals surface area contributed by atoms with Crippen LogP contribution in [0.1, 0.15) is 19.3 Å². The lowest BCUT2D eigenvalue weighted by Gasteiger charge is -2.05. The van der Waals surface area contributed by atoms with Crippen molar-refractivity contribution in [2.24, 2.45) is 0 Å². The molecule has 0 spiro atoms. The number of methoxy groups -OCH3 is 1. The molecule has 5 heteroatoms. The summed E-state index contributed by atoms with van der Waals surface area (Å²) in [7, 11) is 1.38. The van der Waals surface area contributed by atoms with Crippen LogP contribution in [0.4, 0.5) is 0 Å². The van der Waals surface area contributed by atoms with Crippen LogP contribution in [0.3, 0.4) is 0 Å². The van der Waals surface area contributed by atoms with Crippen LogP contribution >= 0.6 is 11.6 Å². The first-order valence-corrected chi connectivity index (χ1v) is 4.28. The molecule has 70 valence electrons. The van der Waals surface area contributed by atoms with Crippen LogP contribution in [0, 0.1) is 0 Å². The van der Waals surface area contributed by atoms with E-state index in [4.69, 9.17) is 16.4 Å².